The molecule has 74 valence electrons. The van der Waals surface area contributed by atoms with Crippen molar-refractivity contribution < 1.29 is 9.47 Å². The maximum absolute atomic E-state index is 5.33. The lowest BCUT2D eigenvalue weighted by molar-refractivity contribution is 0.197. The number of methoxy groups -OCH3 is 1. The van der Waals surface area contributed by atoms with E-state index in [2.05, 4.69) is 9.98 Å². The molecule has 0 unspecified atom stereocenters. The summed E-state index contributed by atoms with van der Waals surface area (Å²) in [7, 11) is 1.70. The van der Waals surface area contributed by atoms with Gasteiger partial charge in [0.2, 0.25) is 0 Å². The van der Waals surface area contributed by atoms with Gasteiger partial charge < -0.3 is 9.47 Å². The van der Waals surface area contributed by atoms with E-state index in [1.165, 1.54) is 0 Å². The predicted octanol–water partition coefficient (Wildman–Crippen LogP) is 1.26. The van der Waals surface area contributed by atoms with Crippen LogP contribution in [-0.4, -0.2) is 38.6 Å². The van der Waals surface area contributed by atoms with Gasteiger partial charge in [-0.1, -0.05) is 0 Å². The van der Waals surface area contributed by atoms with Gasteiger partial charge in [-0.15, -0.1) is 0 Å². The first-order valence-electron chi connectivity index (χ1n) is 4.54. The predicted molar refractivity (Wildman–Crippen MR) is 52.5 cm³/mol. The van der Waals surface area contributed by atoms with Crippen LogP contribution in [0.5, 0.6) is 0 Å². The Morgan fingerprint density at radius 2 is 2.46 bits per heavy atom. The van der Waals surface area contributed by atoms with Crippen molar-refractivity contribution in [3.8, 4) is 0 Å². The van der Waals surface area contributed by atoms with Crippen molar-refractivity contribution in [2.75, 3.05) is 26.8 Å². The minimum Gasteiger partial charge on any atom is -0.430 e. The number of nitrogens with zero attached hydrogens (tertiary/aromatic N) is 2. The van der Waals surface area contributed by atoms with E-state index < -0.39 is 0 Å². The van der Waals surface area contributed by atoms with Gasteiger partial charge in [0.15, 0.2) is 11.8 Å². The van der Waals surface area contributed by atoms with E-state index in [1.807, 2.05) is 6.92 Å². The van der Waals surface area contributed by atoms with Gasteiger partial charge in [0, 0.05) is 33.6 Å². The van der Waals surface area contributed by atoms with Crippen LogP contribution in [0.25, 0.3) is 0 Å². The Bertz CT molecular complexity index is 212. The van der Waals surface area contributed by atoms with Crippen LogP contribution in [0.3, 0.4) is 0 Å². The number of ether oxygens (including phenoxy) is 2. The third-order valence-electron chi connectivity index (χ3n) is 1.72. The number of hydrogen-bond donors (Lipinski definition) is 0. The van der Waals surface area contributed by atoms with Gasteiger partial charge >= 0.3 is 0 Å². The highest BCUT2D eigenvalue weighted by atomic mass is 16.5. The fraction of sp³-hybridized carbons (Fsp3) is 0.778. The van der Waals surface area contributed by atoms with Crippen LogP contribution >= 0.6 is 0 Å². The molecule has 0 saturated carbocycles. The molecule has 0 aliphatic carbocycles. The normalized spacial score (nSPS) is 19.8. The van der Waals surface area contributed by atoms with Crippen molar-refractivity contribution >= 4 is 11.8 Å². The standard InChI is InChI=1S/C9H16N2O2/c1-8-10-6-4-9(13-8)11-5-3-7-12-2/h3-7H2,1-2H3. The average molecular weight is 184 g/mol. The molecule has 0 aromatic heterocycles. The highest BCUT2D eigenvalue weighted by molar-refractivity contribution is 5.92. The summed E-state index contributed by atoms with van der Waals surface area (Å²) in [5, 5.41) is 0. The van der Waals surface area contributed by atoms with Crippen molar-refractivity contribution in [3.05, 3.63) is 0 Å². The molecule has 0 aromatic rings. The maximum atomic E-state index is 5.33. The molecular weight excluding hydrogens is 168 g/mol. The van der Waals surface area contributed by atoms with Gasteiger partial charge in [0.1, 0.15) is 0 Å². The van der Waals surface area contributed by atoms with Gasteiger partial charge in [0.25, 0.3) is 0 Å². The molecule has 0 bridgehead atoms. The quantitative estimate of drug-likeness (QED) is 0.617. The second-order valence-electron chi connectivity index (χ2n) is 2.87. The smallest absolute Gasteiger partial charge is 0.193 e. The van der Waals surface area contributed by atoms with E-state index in [0.29, 0.717) is 0 Å². The van der Waals surface area contributed by atoms with Gasteiger partial charge in [-0.3, -0.25) is 9.98 Å². The minimum atomic E-state index is 0.719. The highest BCUT2D eigenvalue weighted by Gasteiger charge is 2.07. The minimum absolute atomic E-state index is 0.719. The third-order valence-corrected chi connectivity index (χ3v) is 1.72. The summed E-state index contributed by atoms with van der Waals surface area (Å²) in [6.45, 7) is 4.18. The van der Waals surface area contributed by atoms with Gasteiger partial charge in [-0.2, -0.15) is 0 Å². The third kappa shape index (κ3) is 4.03. The molecule has 1 heterocycles. The summed E-state index contributed by atoms with van der Waals surface area (Å²) in [5.41, 5.74) is 0. The molecule has 4 heteroatoms. The molecule has 0 N–H and O–H groups in total. The lowest BCUT2D eigenvalue weighted by atomic mass is 10.4. The molecule has 1 aliphatic heterocycles. The molecule has 1 aliphatic rings. The topological polar surface area (TPSA) is 43.2 Å². The number of hydrogen-bond acceptors (Lipinski definition) is 4. The summed E-state index contributed by atoms with van der Waals surface area (Å²) in [4.78, 5) is 8.42. The Morgan fingerprint density at radius 1 is 1.62 bits per heavy atom. The zero-order chi connectivity index (χ0) is 9.52. The van der Waals surface area contributed by atoms with Crippen molar-refractivity contribution in [3.63, 3.8) is 0 Å². The van der Waals surface area contributed by atoms with Crippen molar-refractivity contribution in [1.82, 2.24) is 0 Å². The Kier molecular flexibility index (Phi) is 4.46. The van der Waals surface area contributed by atoms with Crippen molar-refractivity contribution in [1.29, 1.82) is 0 Å². The summed E-state index contributed by atoms with van der Waals surface area (Å²) in [6.07, 6.45) is 1.77. The first-order valence-corrected chi connectivity index (χ1v) is 4.54. The second kappa shape index (κ2) is 5.70. The van der Waals surface area contributed by atoms with E-state index in [4.69, 9.17) is 9.47 Å². The van der Waals surface area contributed by atoms with Crippen molar-refractivity contribution in [2.45, 2.75) is 19.8 Å². The molecule has 0 radical (unpaired) electrons. The van der Waals surface area contributed by atoms with Crippen LogP contribution < -0.4 is 0 Å². The van der Waals surface area contributed by atoms with Crippen LogP contribution in [0.4, 0.5) is 0 Å². The van der Waals surface area contributed by atoms with Gasteiger partial charge in [-0.05, 0) is 6.42 Å². The fourth-order valence-electron chi connectivity index (χ4n) is 1.09. The van der Waals surface area contributed by atoms with Gasteiger partial charge in [0.05, 0.1) is 6.54 Å². The Hall–Kier alpha value is -0.900. The first-order chi connectivity index (χ1) is 6.33. The lowest BCUT2D eigenvalue weighted by Crippen LogP contribution is -2.17. The Labute approximate surface area is 78.7 Å². The zero-order valence-corrected chi connectivity index (χ0v) is 8.25. The van der Waals surface area contributed by atoms with Crippen LogP contribution in [0.1, 0.15) is 19.8 Å². The monoisotopic (exact) mass is 184 g/mol. The molecule has 0 fully saturated rings. The molecule has 0 atom stereocenters. The van der Waals surface area contributed by atoms with Crippen LogP contribution in [0.2, 0.25) is 0 Å². The second-order valence-corrected chi connectivity index (χ2v) is 2.87. The maximum Gasteiger partial charge on any atom is 0.193 e. The number of aliphatic imine (C=N–C) groups is 2. The van der Waals surface area contributed by atoms with E-state index >= 15 is 0 Å². The Morgan fingerprint density at radius 3 is 3.15 bits per heavy atom. The van der Waals surface area contributed by atoms with Crippen molar-refractivity contribution in [2.24, 2.45) is 9.98 Å². The van der Waals surface area contributed by atoms with Gasteiger partial charge in [-0.25, -0.2) is 0 Å². The highest BCUT2D eigenvalue weighted by Crippen LogP contribution is 2.01. The molecule has 0 aromatic carbocycles. The molecule has 13 heavy (non-hydrogen) atoms. The van der Waals surface area contributed by atoms with Crippen LogP contribution in [-0.2, 0) is 9.47 Å². The molecule has 0 amide bonds. The summed E-state index contributed by atoms with van der Waals surface area (Å²) in [6, 6.07) is 0. The van der Waals surface area contributed by atoms with E-state index in [1.54, 1.807) is 7.11 Å². The summed E-state index contributed by atoms with van der Waals surface area (Å²) in [5.74, 6) is 1.53. The lowest BCUT2D eigenvalue weighted by Gasteiger charge is -2.12. The first kappa shape index (κ1) is 10.2. The zero-order valence-electron chi connectivity index (χ0n) is 8.25. The largest absolute Gasteiger partial charge is 0.430 e. The SMILES string of the molecule is COCCCN=C1CCN=C(C)O1. The van der Waals surface area contributed by atoms with E-state index in [-0.39, 0.29) is 0 Å². The van der Waals surface area contributed by atoms with Crippen LogP contribution in [0, 0.1) is 0 Å². The molecular formula is C9H16N2O2. The molecule has 0 saturated heterocycles. The average Bonchev–Trinajstić information content (AvgIpc) is 2.13. The Balaban J connectivity index is 2.23. The summed E-state index contributed by atoms with van der Waals surface area (Å²) >= 11 is 0. The van der Waals surface area contributed by atoms with Crippen LogP contribution in [0.15, 0.2) is 9.98 Å². The molecule has 1 rings (SSSR count). The molecule has 0 spiro atoms. The van der Waals surface area contributed by atoms with E-state index in [9.17, 15) is 0 Å². The molecule has 4 nitrogen and oxygen atoms in total. The number of rotatable bonds is 4. The van der Waals surface area contributed by atoms with E-state index in [0.717, 1.165) is 44.3 Å². The summed E-state index contributed by atoms with van der Waals surface area (Å²) < 4.78 is 10.2. The fourth-order valence-corrected chi connectivity index (χ4v) is 1.09.